The maximum Gasteiger partial charge on any atom is 0.255 e. The van der Waals surface area contributed by atoms with Crippen molar-refractivity contribution in [3.8, 4) is 5.75 Å². The van der Waals surface area contributed by atoms with Crippen LogP contribution in [0.1, 0.15) is 21.5 Å². The van der Waals surface area contributed by atoms with Gasteiger partial charge in [0.2, 0.25) is 0 Å². The highest BCUT2D eigenvalue weighted by Crippen LogP contribution is 2.35. The maximum atomic E-state index is 11.8. The predicted octanol–water partition coefficient (Wildman–Crippen LogP) is 2.41. The number of hydrogen-bond acceptors (Lipinski definition) is 2. The van der Waals surface area contributed by atoms with Crippen LogP contribution in [0.4, 0.5) is 0 Å². The van der Waals surface area contributed by atoms with E-state index in [9.17, 15) is 4.79 Å². The summed E-state index contributed by atoms with van der Waals surface area (Å²) >= 11 is 6.18. The molecule has 1 aliphatic rings. The molecule has 0 aromatic heterocycles. The highest BCUT2D eigenvalue weighted by Gasteiger charge is 2.21. The molecule has 84 valence electrons. The van der Waals surface area contributed by atoms with Crippen LogP contribution < -0.4 is 10.1 Å². The first kappa shape index (κ1) is 11.0. The van der Waals surface area contributed by atoms with E-state index in [1.807, 2.05) is 6.92 Å². The lowest BCUT2D eigenvalue weighted by Gasteiger charge is -2.12. The molecule has 0 bridgehead atoms. The highest BCUT2D eigenvalue weighted by atomic mass is 35.5. The quantitative estimate of drug-likeness (QED) is 0.815. The van der Waals surface area contributed by atoms with Crippen molar-refractivity contribution in [1.29, 1.82) is 0 Å². The molecule has 1 N–H and O–H groups in total. The Morgan fingerprint density at radius 2 is 2.38 bits per heavy atom. The molecule has 0 saturated heterocycles. The number of amides is 1. The molecule has 3 nitrogen and oxygen atoms in total. The first-order valence-corrected chi connectivity index (χ1v) is 5.39. The van der Waals surface area contributed by atoms with Crippen molar-refractivity contribution in [1.82, 2.24) is 5.32 Å². The molecular weight excluding hydrogens is 226 g/mol. The SMILES string of the molecule is C=Cc1cc2c(c(Cl)c1C)OCCNC2=O. The van der Waals surface area contributed by atoms with E-state index in [0.717, 1.165) is 11.1 Å². The molecular formula is C12H12ClNO2. The Morgan fingerprint density at radius 1 is 1.62 bits per heavy atom. The minimum Gasteiger partial charge on any atom is -0.489 e. The van der Waals surface area contributed by atoms with Crippen molar-refractivity contribution in [2.75, 3.05) is 13.2 Å². The largest absolute Gasteiger partial charge is 0.489 e. The predicted molar refractivity (Wildman–Crippen MR) is 64.1 cm³/mol. The number of rotatable bonds is 1. The second-order valence-corrected chi connectivity index (χ2v) is 3.97. The molecule has 0 saturated carbocycles. The Balaban J connectivity index is 2.68. The molecule has 1 heterocycles. The Bertz CT molecular complexity index is 469. The lowest BCUT2D eigenvalue weighted by Crippen LogP contribution is -2.24. The third-order valence-electron chi connectivity index (χ3n) is 2.60. The van der Waals surface area contributed by atoms with Gasteiger partial charge in [0, 0.05) is 0 Å². The molecule has 4 heteroatoms. The zero-order valence-electron chi connectivity index (χ0n) is 8.97. The first-order chi connectivity index (χ1) is 7.65. The maximum absolute atomic E-state index is 11.8. The Hall–Kier alpha value is -1.48. The Labute approximate surface area is 99.1 Å². The van der Waals surface area contributed by atoms with E-state index >= 15 is 0 Å². The zero-order valence-corrected chi connectivity index (χ0v) is 9.73. The van der Waals surface area contributed by atoms with Crippen LogP contribution in [-0.2, 0) is 0 Å². The lowest BCUT2D eigenvalue weighted by molar-refractivity contribution is 0.0957. The van der Waals surface area contributed by atoms with Gasteiger partial charge in [0.05, 0.1) is 17.1 Å². The van der Waals surface area contributed by atoms with Gasteiger partial charge in [-0.1, -0.05) is 24.3 Å². The van der Waals surface area contributed by atoms with Crippen molar-refractivity contribution < 1.29 is 9.53 Å². The molecule has 0 fully saturated rings. The molecule has 1 aliphatic heterocycles. The number of nitrogens with one attached hydrogen (secondary N) is 1. The van der Waals surface area contributed by atoms with Gasteiger partial charge in [0.25, 0.3) is 5.91 Å². The van der Waals surface area contributed by atoms with Gasteiger partial charge in [-0.15, -0.1) is 0 Å². The van der Waals surface area contributed by atoms with Crippen LogP contribution in [0.2, 0.25) is 5.02 Å². The van der Waals surface area contributed by atoms with Gasteiger partial charge in [0.1, 0.15) is 6.61 Å². The second kappa shape index (κ2) is 4.18. The third-order valence-corrected chi connectivity index (χ3v) is 3.06. The molecule has 1 amide bonds. The van der Waals surface area contributed by atoms with Crippen LogP contribution in [0.5, 0.6) is 5.75 Å². The summed E-state index contributed by atoms with van der Waals surface area (Å²) in [6.45, 7) is 6.51. The summed E-state index contributed by atoms with van der Waals surface area (Å²) < 4.78 is 5.48. The average Bonchev–Trinajstić information content (AvgIpc) is 2.46. The molecule has 1 aromatic rings. The highest BCUT2D eigenvalue weighted by molar-refractivity contribution is 6.33. The number of hydrogen-bond donors (Lipinski definition) is 1. The third kappa shape index (κ3) is 1.67. The number of ether oxygens (including phenoxy) is 1. The van der Waals surface area contributed by atoms with Crippen LogP contribution in [0.25, 0.3) is 6.08 Å². The number of carbonyl (C=O) groups is 1. The number of benzene rings is 1. The van der Waals surface area contributed by atoms with Gasteiger partial charge in [-0.3, -0.25) is 4.79 Å². The molecule has 16 heavy (non-hydrogen) atoms. The summed E-state index contributed by atoms with van der Waals surface area (Å²) in [6, 6.07) is 1.75. The van der Waals surface area contributed by atoms with E-state index in [-0.39, 0.29) is 5.91 Å². The number of fused-ring (bicyclic) bond motifs is 1. The lowest BCUT2D eigenvalue weighted by atomic mass is 10.0. The van der Waals surface area contributed by atoms with E-state index in [4.69, 9.17) is 16.3 Å². The standard InChI is InChI=1S/C12H12ClNO2/c1-3-8-6-9-11(10(13)7(8)2)16-5-4-14-12(9)15/h3,6H,1,4-5H2,2H3,(H,14,15). The van der Waals surface area contributed by atoms with Crippen LogP contribution in [-0.4, -0.2) is 19.1 Å². The summed E-state index contributed by atoms with van der Waals surface area (Å²) in [5.74, 6) is 0.317. The minimum atomic E-state index is -0.155. The van der Waals surface area contributed by atoms with Gasteiger partial charge >= 0.3 is 0 Å². The van der Waals surface area contributed by atoms with Crippen molar-refractivity contribution in [2.24, 2.45) is 0 Å². The average molecular weight is 238 g/mol. The van der Waals surface area contributed by atoms with Crippen LogP contribution in [0.15, 0.2) is 12.6 Å². The summed E-state index contributed by atoms with van der Waals surface area (Å²) in [4.78, 5) is 11.8. The fourth-order valence-electron chi connectivity index (χ4n) is 1.68. The second-order valence-electron chi connectivity index (χ2n) is 3.59. The van der Waals surface area contributed by atoms with E-state index < -0.39 is 0 Å². The summed E-state index contributed by atoms with van der Waals surface area (Å²) in [6.07, 6.45) is 1.68. The molecule has 0 aliphatic carbocycles. The number of carbonyl (C=O) groups excluding carboxylic acids is 1. The summed E-state index contributed by atoms with van der Waals surface area (Å²) in [5.41, 5.74) is 2.21. The molecule has 0 radical (unpaired) electrons. The van der Waals surface area contributed by atoms with Crippen LogP contribution in [0.3, 0.4) is 0 Å². The van der Waals surface area contributed by atoms with E-state index in [1.165, 1.54) is 0 Å². The summed E-state index contributed by atoms with van der Waals surface area (Å²) in [5, 5.41) is 3.23. The van der Waals surface area contributed by atoms with Crippen molar-refractivity contribution in [2.45, 2.75) is 6.92 Å². The van der Waals surface area contributed by atoms with Crippen molar-refractivity contribution in [3.05, 3.63) is 34.4 Å². The monoisotopic (exact) mass is 237 g/mol. The van der Waals surface area contributed by atoms with Gasteiger partial charge in [-0.05, 0) is 24.1 Å². The molecule has 0 spiro atoms. The zero-order chi connectivity index (χ0) is 11.7. The fraction of sp³-hybridized carbons (Fsp3) is 0.250. The minimum absolute atomic E-state index is 0.155. The van der Waals surface area contributed by atoms with E-state index in [1.54, 1.807) is 12.1 Å². The van der Waals surface area contributed by atoms with Gasteiger partial charge in [0.15, 0.2) is 5.75 Å². The molecule has 2 rings (SSSR count). The first-order valence-electron chi connectivity index (χ1n) is 5.01. The Kier molecular flexibility index (Phi) is 2.88. The smallest absolute Gasteiger partial charge is 0.255 e. The van der Waals surface area contributed by atoms with Crippen molar-refractivity contribution >= 4 is 23.6 Å². The molecule has 1 aromatic carbocycles. The van der Waals surface area contributed by atoms with Gasteiger partial charge in [-0.25, -0.2) is 0 Å². The fourth-order valence-corrected chi connectivity index (χ4v) is 1.94. The normalized spacial score (nSPS) is 14.5. The van der Waals surface area contributed by atoms with Gasteiger partial charge < -0.3 is 10.1 Å². The molecule has 0 unspecified atom stereocenters. The molecule has 0 atom stereocenters. The number of halogens is 1. The van der Waals surface area contributed by atoms with E-state index in [0.29, 0.717) is 29.5 Å². The van der Waals surface area contributed by atoms with Crippen LogP contribution in [0, 0.1) is 6.92 Å². The van der Waals surface area contributed by atoms with Crippen LogP contribution >= 0.6 is 11.6 Å². The van der Waals surface area contributed by atoms with Gasteiger partial charge in [-0.2, -0.15) is 0 Å². The summed E-state index contributed by atoms with van der Waals surface area (Å²) in [7, 11) is 0. The van der Waals surface area contributed by atoms with E-state index in [2.05, 4.69) is 11.9 Å². The topological polar surface area (TPSA) is 38.3 Å². The Morgan fingerprint density at radius 3 is 3.06 bits per heavy atom. The van der Waals surface area contributed by atoms with Crippen molar-refractivity contribution in [3.63, 3.8) is 0 Å².